The quantitative estimate of drug-likeness (QED) is 0.411. The van der Waals surface area contributed by atoms with Gasteiger partial charge in [0.05, 0.1) is 7.11 Å². The van der Waals surface area contributed by atoms with Gasteiger partial charge in [-0.3, -0.25) is 0 Å². The van der Waals surface area contributed by atoms with Crippen molar-refractivity contribution in [2.24, 2.45) is 0 Å². The minimum Gasteiger partial charge on any atom is -1.00 e. The van der Waals surface area contributed by atoms with E-state index in [9.17, 15) is 0 Å². The molecular formula is C18H32BrNO. The topological polar surface area (TPSA) is 13.1 Å². The van der Waals surface area contributed by atoms with Crippen LogP contribution in [-0.4, -0.2) is 7.11 Å². The van der Waals surface area contributed by atoms with Gasteiger partial charge in [0.15, 0.2) is 12.4 Å². The highest BCUT2D eigenvalue weighted by Gasteiger charge is 2.00. The van der Waals surface area contributed by atoms with E-state index in [0.717, 1.165) is 12.3 Å². The summed E-state index contributed by atoms with van der Waals surface area (Å²) in [5, 5.41) is 0. The highest BCUT2D eigenvalue weighted by Crippen LogP contribution is 2.10. The third-order valence-electron chi connectivity index (χ3n) is 3.87. The number of nitrogens with zero attached hydrogens (tertiary/aromatic N) is 1. The second kappa shape index (κ2) is 14.4. The van der Waals surface area contributed by atoms with Gasteiger partial charge in [0.2, 0.25) is 0 Å². The molecule has 0 fully saturated rings. The third-order valence-corrected chi connectivity index (χ3v) is 3.87. The van der Waals surface area contributed by atoms with Crippen LogP contribution in [0.2, 0.25) is 0 Å². The van der Waals surface area contributed by atoms with Crippen LogP contribution < -0.4 is 26.3 Å². The maximum Gasteiger partial charge on any atom is 0.172 e. The molecule has 0 aliphatic carbocycles. The van der Waals surface area contributed by atoms with Crippen molar-refractivity contribution in [3.8, 4) is 5.75 Å². The van der Waals surface area contributed by atoms with Gasteiger partial charge >= 0.3 is 0 Å². The zero-order chi connectivity index (χ0) is 14.5. The van der Waals surface area contributed by atoms with Crippen molar-refractivity contribution in [3.05, 3.63) is 24.5 Å². The molecule has 0 spiro atoms. The van der Waals surface area contributed by atoms with Crippen molar-refractivity contribution in [1.29, 1.82) is 0 Å². The fraction of sp³-hybridized carbons (Fsp3) is 0.722. The predicted octanol–water partition coefficient (Wildman–Crippen LogP) is 1.91. The zero-order valence-electron chi connectivity index (χ0n) is 13.8. The van der Waals surface area contributed by atoms with E-state index in [1.54, 1.807) is 7.11 Å². The number of aromatic nitrogens is 1. The van der Waals surface area contributed by atoms with Gasteiger partial charge in [0, 0.05) is 18.6 Å². The first-order valence-corrected chi connectivity index (χ1v) is 8.40. The van der Waals surface area contributed by atoms with E-state index in [2.05, 4.69) is 23.9 Å². The van der Waals surface area contributed by atoms with Crippen LogP contribution in [0.3, 0.4) is 0 Å². The molecule has 0 aromatic carbocycles. The lowest BCUT2D eigenvalue weighted by Crippen LogP contribution is -3.00. The third kappa shape index (κ3) is 10.8. The zero-order valence-corrected chi connectivity index (χ0v) is 15.4. The van der Waals surface area contributed by atoms with Crippen molar-refractivity contribution < 1.29 is 26.3 Å². The van der Waals surface area contributed by atoms with E-state index in [0.29, 0.717) is 0 Å². The molecule has 2 nitrogen and oxygen atoms in total. The highest BCUT2D eigenvalue weighted by molar-refractivity contribution is 5.14. The van der Waals surface area contributed by atoms with Gasteiger partial charge in [0.1, 0.15) is 12.3 Å². The molecule has 0 amide bonds. The largest absolute Gasteiger partial charge is 1.00 e. The first kappa shape index (κ1) is 20.4. The SMILES string of the molecule is CCCCCCCCCCCC[n+]1ccc(OC)cc1.[Br-]. The van der Waals surface area contributed by atoms with Gasteiger partial charge in [-0.1, -0.05) is 58.3 Å². The molecule has 1 aromatic heterocycles. The standard InChI is InChI=1S/C18H32NO.BrH/c1-3-4-5-6-7-8-9-10-11-12-15-19-16-13-18(20-2)14-17-19;/h13-14,16-17H,3-12,15H2,1-2H3;1H/q+1;/p-1. The lowest BCUT2D eigenvalue weighted by atomic mass is 10.1. The second-order valence-electron chi connectivity index (χ2n) is 5.66. The predicted molar refractivity (Wildman–Crippen MR) is 85.0 cm³/mol. The molecule has 122 valence electrons. The Kier molecular flexibility index (Phi) is 14.0. The van der Waals surface area contributed by atoms with Crippen LogP contribution in [-0.2, 0) is 6.54 Å². The summed E-state index contributed by atoms with van der Waals surface area (Å²) in [6.45, 7) is 3.40. The minimum absolute atomic E-state index is 0. The van der Waals surface area contributed by atoms with Crippen molar-refractivity contribution in [2.75, 3.05) is 7.11 Å². The number of pyridine rings is 1. The van der Waals surface area contributed by atoms with E-state index in [4.69, 9.17) is 4.74 Å². The Balaban J connectivity index is 0.00000400. The highest BCUT2D eigenvalue weighted by atomic mass is 79.9. The first-order chi connectivity index (χ1) is 9.86. The lowest BCUT2D eigenvalue weighted by Gasteiger charge is -2.02. The molecule has 1 rings (SSSR count). The maximum atomic E-state index is 5.16. The maximum absolute atomic E-state index is 5.16. The van der Waals surface area contributed by atoms with Crippen LogP contribution in [0, 0.1) is 0 Å². The first-order valence-electron chi connectivity index (χ1n) is 8.40. The summed E-state index contributed by atoms with van der Waals surface area (Å²) in [7, 11) is 1.71. The summed E-state index contributed by atoms with van der Waals surface area (Å²) < 4.78 is 7.40. The Labute approximate surface area is 141 Å². The van der Waals surface area contributed by atoms with Crippen LogP contribution in [0.4, 0.5) is 0 Å². The molecule has 21 heavy (non-hydrogen) atoms. The summed E-state index contributed by atoms with van der Waals surface area (Å²) in [4.78, 5) is 0. The molecule has 0 unspecified atom stereocenters. The molecule has 0 bridgehead atoms. The molecule has 0 N–H and O–H groups in total. The number of methoxy groups -OCH3 is 1. The Morgan fingerprint density at radius 2 is 1.29 bits per heavy atom. The van der Waals surface area contributed by atoms with E-state index in [-0.39, 0.29) is 17.0 Å². The van der Waals surface area contributed by atoms with Gasteiger partial charge in [-0.25, -0.2) is 4.57 Å². The Morgan fingerprint density at radius 3 is 1.76 bits per heavy atom. The summed E-state index contributed by atoms with van der Waals surface area (Å²) >= 11 is 0. The van der Waals surface area contributed by atoms with Gasteiger partial charge in [-0.15, -0.1) is 0 Å². The normalized spacial score (nSPS) is 10.2. The monoisotopic (exact) mass is 357 g/mol. The van der Waals surface area contributed by atoms with Crippen molar-refractivity contribution in [3.63, 3.8) is 0 Å². The van der Waals surface area contributed by atoms with E-state index >= 15 is 0 Å². The fourth-order valence-corrected chi connectivity index (χ4v) is 2.51. The molecular weight excluding hydrogens is 326 g/mol. The molecule has 0 aliphatic rings. The molecule has 1 aromatic rings. The molecule has 0 saturated carbocycles. The molecule has 0 saturated heterocycles. The Bertz CT molecular complexity index is 326. The number of aryl methyl sites for hydroxylation is 1. The van der Waals surface area contributed by atoms with Crippen LogP contribution in [0.15, 0.2) is 24.5 Å². The van der Waals surface area contributed by atoms with Gasteiger partial charge in [-0.05, 0) is 6.42 Å². The summed E-state index contributed by atoms with van der Waals surface area (Å²) in [5.74, 6) is 0.935. The number of halogens is 1. The fourth-order valence-electron chi connectivity index (χ4n) is 2.51. The second-order valence-corrected chi connectivity index (χ2v) is 5.66. The van der Waals surface area contributed by atoms with Crippen LogP contribution in [0.5, 0.6) is 5.75 Å². The van der Waals surface area contributed by atoms with Crippen molar-refractivity contribution in [1.82, 2.24) is 0 Å². The van der Waals surface area contributed by atoms with Crippen molar-refractivity contribution in [2.45, 2.75) is 77.7 Å². The molecule has 0 atom stereocenters. The number of ether oxygens (including phenoxy) is 1. The summed E-state index contributed by atoms with van der Waals surface area (Å²) in [6, 6.07) is 4.05. The van der Waals surface area contributed by atoms with Crippen LogP contribution in [0.25, 0.3) is 0 Å². The summed E-state index contributed by atoms with van der Waals surface area (Å²) in [6.07, 6.45) is 18.2. The molecule has 0 aliphatic heterocycles. The number of unbranched alkanes of at least 4 members (excludes halogenated alkanes) is 9. The minimum atomic E-state index is 0. The van der Waals surface area contributed by atoms with E-state index in [1.807, 2.05) is 12.1 Å². The van der Waals surface area contributed by atoms with Crippen LogP contribution in [0.1, 0.15) is 71.1 Å². The van der Waals surface area contributed by atoms with E-state index < -0.39 is 0 Å². The molecule has 1 heterocycles. The Morgan fingerprint density at radius 1 is 0.810 bits per heavy atom. The lowest BCUT2D eigenvalue weighted by molar-refractivity contribution is -0.697. The van der Waals surface area contributed by atoms with Crippen LogP contribution >= 0.6 is 0 Å². The number of hydrogen-bond donors (Lipinski definition) is 0. The van der Waals surface area contributed by atoms with Gasteiger partial charge in [0.25, 0.3) is 0 Å². The average Bonchev–Trinajstić information content (AvgIpc) is 2.50. The summed E-state index contributed by atoms with van der Waals surface area (Å²) in [5.41, 5.74) is 0. The number of hydrogen-bond acceptors (Lipinski definition) is 1. The molecule has 3 heteroatoms. The Hall–Kier alpha value is -0.570. The van der Waals surface area contributed by atoms with E-state index in [1.165, 1.54) is 64.2 Å². The number of rotatable bonds is 12. The average molecular weight is 358 g/mol. The van der Waals surface area contributed by atoms with Crippen molar-refractivity contribution >= 4 is 0 Å². The smallest absolute Gasteiger partial charge is 0.172 e. The molecule has 0 radical (unpaired) electrons. The van der Waals surface area contributed by atoms with Gasteiger partial charge in [-0.2, -0.15) is 0 Å². The van der Waals surface area contributed by atoms with Gasteiger partial charge < -0.3 is 21.7 Å².